The molecule has 0 N–H and O–H groups in total. The molecule has 1 unspecified atom stereocenters. The van der Waals surface area contributed by atoms with Crippen molar-refractivity contribution >= 4 is 23.3 Å². The van der Waals surface area contributed by atoms with Gasteiger partial charge in [0.1, 0.15) is 12.9 Å². The van der Waals surface area contributed by atoms with E-state index in [1.165, 1.54) is 7.11 Å². The maximum Gasteiger partial charge on any atom is 0.347 e. The standard InChI is InChI=1S/C13H14ClNO4/c1-3-18-13(16)12-7-10(15-17-2)9-6-8(14)4-5-11(9)19-12/h4-6,12H,3,7H2,1-2H3/b15-10+. The molecule has 0 saturated heterocycles. The number of oxime groups is 1. The molecule has 0 bridgehead atoms. The second kappa shape index (κ2) is 5.93. The number of hydrogen-bond donors (Lipinski definition) is 0. The van der Waals surface area contributed by atoms with Crippen LogP contribution in [0.4, 0.5) is 0 Å². The molecule has 1 aromatic rings. The van der Waals surface area contributed by atoms with Crippen molar-refractivity contribution in [3.63, 3.8) is 0 Å². The molecule has 0 fully saturated rings. The van der Waals surface area contributed by atoms with Gasteiger partial charge in [-0.2, -0.15) is 0 Å². The molecule has 1 heterocycles. The quantitative estimate of drug-likeness (QED) is 0.631. The zero-order valence-electron chi connectivity index (χ0n) is 10.7. The highest BCUT2D eigenvalue weighted by atomic mass is 35.5. The van der Waals surface area contributed by atoms with Gasteiger partial charge < -0.3 is 14.3 Å². The van der Waals surface area contributed by atoms with Crippen molar-refractivity contribution in [2.24, 2.45) is 5.16 Å². The summed E-state index contributed by atoms with van der Waals surface area (Å²) in [7, 11) is 1.45. The van der Waals surface area contributed by atoms with Crippen LogP contribution in [0.25, 0.3) is 0 Å². The van der Waals surface area contributed by atoms with E-state index in [1.807, 2.05) is 0 Å². The number of rotatable bonds is 3. The average molecular weight is 284 g/mol. The van der Waals surface area contributed by atoms with Crippen LogP contribution < -0.4 is 4.74 Å². The zero-order valence-corrected chi connectivity index (χ0v) is 11.4. The Morgan fingerprint density at radius 3 is 3.05 bits per heavy atom. The van der Waals surface area contributed by atoms with Crippen LogP contribution in [0.3, 0.4) is 0 Å². The number of nitrogens with zero attached hydrogens (tertiary/aromatic N) is 1. The van der Waals surface area contributed by atoms with E-state index in [1.54, 1.807) is 25.1 Å². The molecule has 102 valence electrons. The minimum absolute atomic E-state index is 0.292. The summed E-state index contributed by atoms with van der Waals surface area (Å²) in [5.41, 5.74) is 1.35. The highest BCUT2D eigenvalue weighted by Crippen LogP contribution is 2.31. The van der Waals surface area contributed by atoms with Gasteiger partial charge in [-0.1, -0.05) is 16.8 Å². The molecule has 1 aliphatic rings. The fourth-order valence-electron chi connectivity index (χ4n) is 1.87. The van der Waals surface area contributed by atoms with E-state index in [-0.39, 0.29) is 0 Å². The first-order chi connectivity index (χ1) is 9.15. The van der Waals surface area contributed by atoms with Crippen LogP contribution in [0.1, 0.15) is 18.9 Å². The second-order valence-corrected chi connectivity index (χ2v) is 4.36. The molecule has 19 heavy (non-hydrogen) atoms. The largest absolute Gasteiger partial charge is 0.478 e. The average Bonchev–Trinajstić information content (AvgIpc) is 2.39. The van der Waals surface area contributed by atoms with E-state index < -0.39 is 12.1 Å². The summed E-state index contributed by atoms with van der Waals surface area (Å²) >= 11 is 5.95. The maximum atomic E-state index is 11.8. The Bertz CT molecular complexity index is 515. The van der Waals surface area contributed by atoms with Crippen molar-refractivity contribution in [3.8, 4) is 5.75 Å². The molecule has 0 aromatic heterocycles. The maximum absolute atomic E-state index is 11.8. The first kappa shape index (κ1) is 13.7. The van der Waals surface area contributed by atoms with Gasteiger partial charge in [0.2, 0.25) is 6.10 Å². The molecule has 1 aliphatic heterocycles. The van der Waals surface area contributed by atoms with E-state index in [2.05, 4.69) is 5.16 Å². The fraction of sp³-hybridized carbons (Fsp3) is 0.385. The lowest BCUT2D eigenvalue weighted by atomic mass is 10.00. The van der Waals surface area contributed by atoms with Crippen molar-refractivity contribution in [1.29, 1.82) is 0 Å². The van der Waals surface area contributed by atoms with Gasteiger partial charge in [0.15, 0.2) is 0 Å². The van der Waals surface area contributed by atoms with Gasteiger partial charge in [-0.15, -0.1) is 0 Å². The van der Waals surface area contributed by atoms with Crippen molar-refractivity contribution in [2.75, 3.05) is 13.7 Å². The number of ether oxygens (including phenoxy) is 2. The highest BCUT2D eigenvalue weighted by molar-refractivity contribution is 6.31. The van der Waals surface area contributed by atoms with Gasteiger partial charge in [0.25, 0.3) is 0 Å². The molecular formula is C13H14ClNO4. The Balaban J connectivity index is 2.33. The van der Waals surface area contributed by atoms with Crippen molar-refractivity contribution in [3.05, 3.63) is 28.8 Å². The van der Waals surface area contributed by atoms with Crippen molar-refractivity contribution in [1.82, 2.24) is 0 Å². The third-order valence-corrected chi connectivity index (χ3v) is 2.89. The van der Waals surface area contributed by atoms with Crippen LogP contribution in [0.2, 0.25) is 5.02 Å². The first-order valence-corrected chi connectivity index (χ1v) is 6.26. The van der Waals surface area contributed by atoms with E-state index in [9.17, 15) is 4.79 Å². The number of fused-ring (bicyclic) bond motifs is 1. The molecule has 0 aliphatic carbocycles. The van der Waals surface area contributed by atoms with Crippen LogP contribution in [-0.2, 0) is 14.4 Å². The molecule has 1 atom stereocenters. The van der Waals surface area contributed by atoms with Crippen LogP contribution in [-0.4, -0.2) is 31.5 Å². The smallest absolute Gasteiger partial charge is 0.347 e. The summed E-state index contributed by atoms with van der Waals surface area (Å²) in [6.07, 6.45) is -0.414. The Morgan fingerprint density at radius 1 is 1.58 bits per heavy atom. The minimum Gasteiger partial charge on any atom is -0.478 e. The fourth-order valence-corrected chi connectivity index (χ4v) is 2.05. The van der Waals surface area contributed by atoms with E-state index in [0.717, 1.165) is 5.56 Å². The van der Waals surface area contributed by atoms with Gasteiger partial charge in [-0.25, -0.2) is 4.79 Å². The number of benzene rings is 1. The lowest BCUT2D eigenvalue weighted by Crippen LogP contribution is -2.35. The molecule has 0 radical (unpaired) electrons. The second-order valence-electron chi connectivity index (χ2n) is 3.92. The van der Waals surface area contributed by atoms with Gasteiger partial charge >= 0.3 is 5.97 Å². The number of esters is 1. The monoisotopic (exact) mass is 283 g/mol. The lowest BCUT2D eigenvalue weighted by molar-refractivity contribution is -0.151. The van der Waals surface area contributed by atoms with Crippen molar-refractivity contribution in [2.45, 2.75) is 19.4 Å². The summed E-state index contributed by atoms with van der Waals surface area (Å²) in [4.78, 5) is 16.6. The van der Waals surface area contributed by atoms with Gasteiger partial charge in [0.05, 0.1) is 12.3 Å². The molecule has 2 rings (SSSR count). The zero-order chi connectivity index (χ0) is 13.8. The Hall–Kier alpha value is -1.75. The van der Waals surface area contributed by atoms with Crippen LogP contribution in [0.15, 0.2) is 23.4 Å². The number of halogens is 1. The predicted molar refractivity (Wildman–Crippen MR) is 70.7 cm³/mol. The molecular weight excluding hydrogens is 270 g/mol. The van der Waals surface area contributed by atoms with E-state index in [4.69, 9.17) is 25.9 Å². The molecule has 0 amide bonds. The number of carbonyl (C=O) groups is 1. The number of carbonyl (C=O) groups excluding carboxylic acids is 1. The Labute approximate surface area is 116 Å². The minimum atomic E-state index is -0.706. The first-order valence-electron chi connectivity index (χ1n) is 5.89. The Kier molecular flexibility index (Phi) is 4.27. The third-order valence-electron chi connectivity index (χ3n) is 2.65. The number of hydrogen-bond acceptors (Lipinski definition) is 5. The van der Waals surface area contributed by atoms with Crippen molar-refractivity contribution < 1.29 is 19.1 Å². The summed E-state index contributed by atoms with van der Waals surface area (Å²) in [6.45, 7) is 2.06. The van der Waals surface area contributed by atoms with Crippen LogP contribution in [0, 0.1) is 0 Å². The SMILES string of the molecule is CCOC(=O)C1C/C(=N\OC)c2cc(Cl)ccc2O1. The van der Waals surface area contributed by atoms with Crippen LogP contribution >= 0.6 is 11.6 Å². The van der Waals surface area contributed by atoms with Gasteiger partial charge in [-0.3, -0.25) is 0 Å². The summed E-state index contributed by atoms with van der Waals surface area (Å²) in [5, 5.41) is 4.50. The third kappa shape index (κ3) is 2.98. The molecule has 0 spiro atoms. The highest BCUT2D eigenvalue weighted by Gasteiger charge is 2.31. The normalized spacial score (nSPS) is 19.5. The predicted octanol–water partition coefficient (Wildman–Crippen LogP) is 2.40. The van der Waals surface area contributed by atoms with Crippen LogP contribution in [0.5, 0.6) is 5.75 Å². The van der Waals surface area contributed by atoms with E-state index >= 15 is 0 Å². The Morgan fingerprint density at radius 2 is 2.37 bits per heavy atom. The summed E-state index contributed by atoms with van der Waals surface area (Å²) in [6, 6.07) is 5.13. The molecule has 5 nitrogen and oxygen atoms in total. The topological polar surface area (TPSA) is 57.1 Å². The lowest BCUT2D eigenvalue weighted by Gasteiger charge is -2.25. The van der Waals surface area contributed by atoms with E-state index in [0.29, 0.717) is 29.5 Å². The summed E-state index contributed by atoms with van der Waals surface area (Å²) in [5.74, 6) is 0.136. The molecule has 6 heteroatoms. The summed E-state index contributed by atoms with van der Waals surface area (Å²) < 4.78 is 10.6. The van der Waals surface area contributed by atoms with Gasteiger partial charge in [-0.05, 0) is 25.1 Å². The van der Waals surface area contributed by atoms with Gasteiger partial charge in [0, 0.05) is 17.0 Å². The molecule has 1 aromatic carbocycles. The molecule has 0 saturated carbocycles.